The molecule has 5 rings (SSSR count). The number of H-pyrrole nitrogens is 1. The predicted molar refractivity (Wildman–Crippen MR) is 128 cm³/mol. The van der Waals surface area contributed by atoms with Gasteiger partial charge < -0.3 is 20.2 Å². The number of aromatic nitrogens is 3. The molecule has 3 aromatic heterocycles. The number of carbonyl (C=O) groups excluding carboxylic acids is 2. The molecule has 172 valence electrons. The highest BCUT2D eigenvalue weighted by molar-refractivity contribution is 5.95. The van der Waals surface area contributed by atoms with Crippen LogP contribution in [-0.4, -0.2) is 26.3 Å². The maximum atomic E-state index is 13.1. The molecule has 0 spiro atoms. The molecule has 8 nitrogen and oxygen atoms in total. The number of aryl methyl sites for hydroxylation is 1. The fraction of sp³-hybridized carbons (Fsp3) is 0.417. The largest absolute Gasteiger partial charge is 0.360 e. The van der Waals surface area contributed by atoms with E-state index in [2.05, 4.69) is 20.6 Å². The molecule has 2 aliphatic rings. The number of pyridine rings is 2. The third-order valence-corrected chi connectivity index (χ3v) is 6.75. The van der Waals surface area contributed by atoms with E-state index in [0.29, 0.717) is 23.7 Å². The van der Waals surface area contributed by atoms with Gasteiger partial charge >= 0.3 is 0 Å². The van der Waals surface area contributed by atoms with Gasteiger partial charge in [-0.05, 0) is 55.5 Å². The lowest BCUT2D eigenvalue weighted by molar-refractivity contribution is -0.122. The van der Waals surface area contributed by atoms with Gasteiger partial charge in [0.1, 0.15) is 12.2 Å². The fourth-order valence-electron chi connectivity index (χ4n) is 4.69. The van der Waals surface area contributed by atoms with E-state index in [0.717, 1.165) is 28.7 Å². The van der Waals surface area contributed by atoms with Crippen molar-refractivity contribution in [3.63, 3.8) is 0 Å². The van der Waals surface area contributed by atoms with Crippen LogP contribution in [0.5, 0.6) is 0 Å². The first-order chi connectivity index (χ1) is 15.5. The summed E-state index contributed by atoms with van der Waals surface area (Å²) < 4.78 is 1.42. The summed E-state index contributed by atoms with van der Waals surface area (Å²) in [5, 5.41) is 5.66. The lowest BCUT2D eigenvalue weighted by atomic mass is 9.76. The zero-order valence-corrected chi connectivity index (χ0v) is 18.1. The number of fused-ring (bicyclic) bond motifs is 2. The molecule has 1 atom stereocenters. The predicted octanol–water partition coefficient (Wildman–Crippen LogP) is 3.39. The van der Waals surface area contributed by atoms with Gasteiger partial charge in [-0.15, -0.1) is 0 Å². The molecular formula is C24H33N5O3. The van der Waals surface area contributed by atoms with E-state index in [9.17, 15) is 14.4 Å². The molecule has 2 amide bonds. The molecule has 4 heterocycles. The Labute approximate surface area is 189 Å². The normalized spacial score (nSPS) is 18.2. The second-order valence-electron chi connectivity index (χ2n) is 8.99. The number of amides is 2. The number of nitrogens with zero attached hydrogens (tertiary/aromatic N) is 2. The van der Waals surface area contributed by atoms with Crippen molar-refractivity contribution in [2.75, 3.05) is 5.32 Å². The first kappa shape index (κ1) is 20.5. The molecule has 0 aromatic carbocycles. The fourth-order valence-corrected chi connectivity index (χ4v) is 4.69. The third kappa shape index (κ3) is 3.92. The summed E-state index contributed by atoms with van der Waals surface area (Å²) in [7, 11) is 0. The monoisotopic (exact) mass is 439 g/mol. The van der Waals surface area contributed by atoms with E-state index in [1.54, 1.807) is 0 Å². The first-order valence-electron chi connectivity index (χ1n) is 11.2. The van der Waals surface area contributed by atoms with E-state index in [1.807, 2.05) is 37.4 Å². The minimum absolute atomic E-state index is 0. The van der Waals surface area contributed by atoms with Crippen LogP contribution in [-0.2, 0) is 29.1 Å². The van der Waals surface area contributed by atoms with Crippen molar-refractivity contribution in [2.45, 2.75) is 52.1 Å². The Morgan fingerprint density at radius 2 is 2.12 bits per heavy atom. The summed E-state index contributed by atoms with van der Waals surface area (Å²) in [6, 6.07) is 7.58. The van der Waals surface area contributed by atoms with Gasteiger partial charge in [0, 0.05) is 22.1 Å². The molecule has 32 heavy (non-hydrogen) atoms. The van der Waals surface area contributed by atoms with Gasteiger partial charge in [-0.25, -0.2) is 4.98 Å². The van der Waals surface area contributed by atoms with Crippen LogP contribution < -0.4 is 16.2 Å². The summed E-state index contributed by atoms with van der Waals surface area (Å²) in [6.45, 7) is 2.00. The van der Waals surface area contributed by atoms with Crippen LogP contribution >= 0.6 is 0 Å². The topological polar surface area (TPSA) is 109 Å². The minimum Gasteiger partial charge on any atom is -0.360 e. The summed E-state index contributed by atoms with van der Waals surface area (Å²) in [5.41, 5.74) is 4.10. The SMILES string of the molecule is Cc1cc2c(c(=O)n1CC(=O)NCc1ccc3[nH]ccc3n1)NC(=O)[C@H](CC1CCC1)C2.[HH].[HH].[HH]. The Morgan fingerprint density at radius 3 is 2.91 bits per heavy atom. The number of carbonyl (C=O) groups is 2. The van der Waals surface area contributed by atoms with Gasteiger partial charge in [-0.1, -0.05) is 19.3 Å². The number of nitrogens with one attached hydrogen (secondary N) is 3. The summed E-state index contributed by atoms with van der Waals surface area (Å²) in [5.74, 6) is 0.198. The number of hydrogen-bond acceptors (Lipinski definition) is 4. The van der Waals surface area contributed by atoms with E-state index < -0.39 is 0 Å². The van der Waals surface area contributed by atoms with Crippen LogP contribution in [0.15, 0.2) is 35.3 Å². The van der Waals surface area contributed by atoms with Crippen LogP contribution in [0.1, 0.15) is 46.9 Å². The summed E-state index contributed by atoms with van der Waals surface area (Å²) in [6.07, 6.45) is 6.94. The van der Waals surface area contributed by atoms with Gasteiger partial charge in [0.25, 0.3) is 5.56 Å². The van der Waals surface area contributed by atoms with Crippen molar-refractivity contribution in [3.05, 3.63) is 57.8 Å². The molecule has 0 bridgehead atoms. The maximum absolute atomic E-state index is 13.1. The molecular weight excluding hydrogens is 406 g/mol. The summed E-state index contributed by atoms with van der Waals surface area (Å²) in [4.78, 5) is 45.8. The van der Waals surface area contributed by atoms with Crippen molar-refractivity contribution in [2.24, 2.45) is 11.8 Å². The molecule has 1 saturated carbocycles. The van der Waals surface area contributed by atoms with Crippen molar-refractivity contribution < 1.29 is 13.9 Å². The molecule has 0 saturated heterocycles. The molecule has 0 radical (unpaired) electrons. The zero-order valence-electron chi connectivity index (χ0n) is 18.1. The van der Waals surface area contributed by atoms with Crippen molar-refractivity contribution in [3.8, 4) is 0 Å². The third-order valence-electron chi connectivity index (χ3n) is 6.75. The molecule has 1 aliphatic heterocycles. The number of rotatable bonds is 6. The molecule has 1 fully saturated rings. The summed E-state index contributed by atoms with van der Waals surface area (Å²) >= 11 is 0. The van der Waals surface area contributed by atoms with Crippen molar-refractivity contribution in [1.29, 1.82) is 0 Å². The molecule has 0 unspecified atom stereocenters. The molecule has 8 heteroatoms. The molecule has 3 N–H and O–H groups in total. The Balaban J connectivity index is 0.00000144. The van der Waals surface area contributed by atoms with Gasteiger partial charge in [0.05, 0.1) is 23.3 Å². The lowest BCUT2D eigenvalue weighted by Gasteiger charge is -2.32. The van der Waals surface area contributed by atoms with Gasteiger partial charge in [-0.2, -0.15) is 0 Å². The van der Waals surface area contributed by atoms with E-state index in [4.69, 9.17) is 0 Å². The Hall–Kier alpha value is -3.42. The van der Waals surface area contributed by atoms with Gasteiger partial charge in [0.2, 0.25) is 11.8 Å². The zero-order chi connectivity index (χ0) is 22.2. The number of anilines is 1. The lowest BCUT2D eigenvalue weighted by Crippen LogP contribution is -2.39. The average molecular weight is 440 g/mol. The Bertz CT molecular complexity index is 1270. The van der Waals surface area contributed by atoms with Gasteiger partial charge in [-0.3, -0.25) is 14.4 Å². The maximum Gasteiger partial charge on any atom is 0.275 e. The van der Waals surface area contributed by atoms with E-state index >= 15 is 0 Å². The standard InChI is InChI=1S/C24H27N5O3.3H2/c1-14-9-16-11-17(10-15-3-2-4-15)23(31)28-22(16)24(32)29(14)13-21(30)26-12-18-5-6-19-20(27-18)7-8-25-19;;;/h5-9,15,17,25H,2-4,10-13H2,1H3,(H,26,30)(H,28,31);3*1H/t17-;;;/m1.../s1. The van der Waals surface area contributed by atoms with Crippen LogP contribution in [0.3, 0.4) is 0 Å². The van der Waals surface area contributed by atoms with Crippen LogP contribution in [0, 0.1) is 18.8 Å². The minimum atomic E-state index is -0.322. The van der Waals surface area contributed by atoms with Crippen molar-refractivity contribution in [1.82, 2.24) is 19.9 Å². The van der Waals surface area contributed by atoms with Crippen LogP contribution in [0.4, 0.5) is 5.69 Å². The molecule has 1 aliphatic carbocycles. The average Bonchev–Trinajstić information content (AvgIpc) is 3.21. The van der Waals surface area contributed by atoms with Gasteiger partial charge in [0.15, 0.2) is 0 Å². The quantitative estimate of drug-likeness (QED) is 0.547. The van der Waals surface area contributed by atoms with Crippen LogP contribution in [0.2, 0.25) is 0 Å². The highest BCUT2D eigenvalue weighted by atomic mass is 16.2. The number of aromatic amines is 1. The highest BCUT2D eigenvalue weighted by Gasteiger charge is 2.32. The Morgan fingerprint density at radius 1 is 1.28 bits per heavy atom. The smallest absolute Gasteiger partial charge is 0.275 e. The van der Waals surface area contributed by atoms with Crippen molar-refractivity contribution >= 4 is 28.5 Å². The van der Waals surface area contributed by atoms with Crippen LogP contribution in [0.25, 0.3) is 11.0 Å². The Kier molecular flexibility index (Phi) is 5.28. The number of hydrogen-bond donors (Lipinski definition) is 3. The molecule has 3 aromatic rings. The second-order valence-corrected chi connectivity index (χ2v) is 8.99. The van der Waals surface area contributed by atoms with E-state index in [-0.39, 0.29) is 40.7 Å². The van der Waals surface area contributed by atoms with E-state index in [1.165, 1.54) is 23.8 Å². The second kappa shape index (κ2) is 8.26. The first-order valence-corrected chi connectivity index (χ1v) is 11.2. The highest BCUT2D eigenvalue weighted by Crippen LogP contribution is 2.35.